The van der Waals surface area contributed by atoms with E-state index < -0.39 is 18.0 Å². The molecule has 0 aliphatic carbocycles. The van der Waals surface area contributed by atoms with Crippen LogP contribution in [0.4, 0.5) is 0 Å². The molecule has 0 radical (unpaired) electrons. The number of hydrogen-bond acceptors (Lipinski definition) is 4. The molecule has 1 rings (SSSR count). The Kier molecular flexibility index (Phi) is 5.51. The highest BCUT2D eigenvalue weighted by Gasteiger charge is 2.15. The summed E-state index contributed by atoms with van der Waals surface area (Å²) in [6, 6.07) is 6.84. The van der Waals surface area contributed by atoms with Crippen LogP contribution < -0.4 is 5.73 Å². The van der Waals surface area contributed by atoms with Crippen LogP contribution in [0.2, 0.25) is 0 Å². The molecule has 19 heavy (non-hydrogen) atoms. The van der Waals surface area contributed by atoms with Gasteiger partial charge in [-0.05, 0) is 38.5 Å². The molecule has 0 aromatic heterocycles. The SMILES string of the molecule is CC(C)OCc1ccc(C(=O)O[C@H](C)C(N)=O)cc1. The zero-order chi connectivity index (χ0) is 14.4. The molecule has 0 fully saturated rings. The van der Waals surface area contributed by atoms with Crippen LogP contribution in [-0.2, 0) is 20.9 Å². The maximum absolute atomic E-state index is 11.7. The van der Waals surface area contributed by atoms with E-state index >= 15 is 0 Å². The second-order valence-electron chi connectivity index (χ2n) is 4.51. The third-order valence-electron chi connectivity index (χ3n) is 2.46. The molecule has 5 heteroatoms. The van der Waals surface area contributed by atoms with Crippen LogP contribution in [0.3, 0.4) is 0 Å². The average Bonchev–Trinajstić information content (AvgIpc) is 2.36. The Morgan fingerprint density at radius 2 is 1.74 bits per heavy atom. The molecule has 1 atom stereocenters. The summed E-state index contributed by atoms with van der Waals surface area (Å²) in [4.78, 5) is 22.5. The van der Waals surface area contributed by atoms with E-state index in [0.29, 0.717) is 12.2 Å². The molecule has 2 N–H and O–H groups in total. The van der Waals surface area contributed by atoms with Crippen LogP contribution in [0, 0.1) is 0 Å². The van der Waals surface area contributed by atoms with Crippen LogP contribution in [0.25, 0.3) is 0 Å². The molecule has 0 aliphatic heterocycles. The topological polar surface area (TPSA) is 78.6 Å². The first-order chi connectivity index (χ1) is 8.90. The van der Waals surface area contributed by atoms with E-state index in [-0.39, 0.29) is 6.10 Å². The van der Waals surface area contributed by atoms with E-state index in [4.69, 9.17) is 15.2 Å². The number of hydrogen-bond donors (Lipinski definition) is 1. The molecule has 1 aromatic rings. The summed E-state index contributed by atoms with van der Waals surface area (Å²) in [6.07, 6.45) is -0.780. The lowest BCUT2D eigenvalue weighted by molar-refractivity contribution is -0.125. The summed E-state index contributed by atoms with van der Waals surface area (Å²) >= 11 is 0. The number of carbonyl (C=O) groups is 2. The van der Waals surface area contributed by atoms with Crippen LogP contribution >= 0.6 is 0 Å². The summed E-state index contributed by atoms with van der Waals surface area (Å²) < 4.78 is 10.3. The highest BCUT2D eigenvalue weighted by molar-refractivity contribution is 5.91. The number of primary amides is 1. The number of benzene rings is 1. The molecule has 0 spiro atoms. The summed E-state index contributed by atoms with van der Waals surface area (Å²) in [5.41, 5.74) is 6.36. The Balaban J connectivity index is 2.60. The van der Waals surface area contributed by atoms with Crippen molar-refractivity contribution in [3.8, 4) is 0 Å². The monoisotopic (exact) mass is 265 g/mol. The Labute approximate surface area is 112 Å². The van der Waals surface area contributed by atoms with Crippen molar-refractivity contribution in [2.75, 3.05) is 0 Å². The van der Waals surface area contributed by atoms with Gasteiger partial charge in [0.1, 0.15) is 0 Å². The van der Waals surface area contributed by atoms with Gasteiger partial charge in [0, 0.05) is 0 Å². The number of rotatable bonds is 6. The van der Waals surface area contributed by atoms with Crippen molar-refractivity contribution < 1.29 is 19.1 Å². The maximum atomic E-state index is 11.7. The number of amides is 1. The first-order valence-electron chi connectivity index (χ1n) is 6.11. The summed E-state index contributed by atoms with van der Waals surface area (Å²) in [5.74, 6) is -1.24. The molecule has 0 unspecified atom stereocenters. The van der Waals surface area contributed by atoms with Gasteiger partial charge in [0.2, 0.25) is 0 Å². The fourth-order valence-corrected chi connectivity index (χ4v) is 1.29. The second kappa shape index (κ2) is 6.89. The third-order valence-corrected chi connectivity index (χ3v) is 2.46. The lowest BCUT2D eigenvalue weighted by Gasteiger charge is -2.10. The van der Waals surface area contributed by atoms with E-state index in [9.17, 15) is 9.59 Å². The normalized spacial score (nSPS) is 12.2. The summed E-state index contributed by atoms with van der Waals surface area (Å²) in [5, 5.41) is 0. The fourth-order valence-electron chi connectivity index (χ4n) is 1.29. The molecular weight excluding hydrogens is 246 g/mol. The van der Waals surface area contributed by atoms with Crippen molar-refractivity contribution in [2.24, 2.45) is 5.73 Å². The molecule has 1 aromatic carbocycles. The molecule has 0 heterocycles. The maximum Gasteiger partial charge on any atom is 0.338 e. The molecule has 5 nitrogen and oxygen atoms in total. The van der Waals surface area contributed by atoms with E-state index in [1.54, 1.807) is 24.3 Å². The first kappa shape index (κ1) is 15.2. The van der Waals surface area contributed by atoms with Crippen molar-refractivity contribution in [3.05, 3.63) is 35.4 Å². The number of esters is 1. The van der Waals surface area contributed by atoms with Gasteiger partial charge in [0.05, 0.1) is 18.3 Å². The van der Waals surface area contributed by atoms with Gasteiger partial charge in [0.25, 0.3) is 5.91 Å². The Hall–Kier alpha value is -1.88. The Morgan fingerprint density at radius 3 is 2.21 bits per heavy atom. The molecule has 0 aliphatic rings. The zero-order valence-electron chi connectivity index (χ0n) is 11.4. The zero-order valence-corrected chi connectivity index (χ0v) is 11.4. The van der Waals surface area contributed by atoms with E-state index in [1.165, 1.54) is 6.92 Å². The fraction of sp³-hybridized carbons (Fsp3) is 0.429. The van der Waals surface area contributed by atoms with Crippen molar-refractivity contribution in [1.82, 2.24) is 0 Å². The highest BCUT2D eigenvalue weighted by Crippen LogP contribution is 2.09. The lowest BCUT2D eigenvalue weighted by Crippen LogP contribution is -2.30. The number of ether oxygens (including phenoxy) is 2. The second-order valence-corrected chi connectivity index (χ2v) is 4.51. The van der Waals surface area contributed by atoms with E-state index in [1.807, 2.05) is 13.8 Å². The minimum absolute atomic E-state index is 0.154. The van der Waals surface area contributed by atoms with Gasteiger partial charge >= 0.3 is 5.97 Å². The van der Waals surface area contributed by atoms with Gasteiger partial charge in [-0.15, -0.1) is 0 Å². The quantitative estimate of drug-likeness (QED) is 0.793. The van der Waals surface area contributed by atoms with Crippen molar-refractivity contribution >= 4 is 11.9 Å². The standard InChI is InChI=1S/C14H19NO4/c1-9(2)18-8-11-4-6-12(7-5-11)14(17)19-10(3)13(15)16/h4-7,9-10H,8H2,1-3H3,(H2,15,16)/t10-/m1/s1. The minimum Gasteiger partial charge on any atom is -0.449 e. The van der Waals surface area contributed by atoms with Crippen LogP contribution in [0.5, 0.6) is 0 Å². The van der Waals surface area contributed by atoms with Gasteiger partial charge in [-0.25, -0.2) is 4.79 Å². The Morgan fingerprint density at radius 1 is 1.16 bits per heavy atom. The van der Waals surface area contributed by atoms with Gasteiger partial charge in [-0.3, -0.25) is 4.79 Å². The molecular formula is C14H19NO4. The predicted octanol–water partition coefficient (Wildman–Crippen LogP) is 1.64. The van der Waals surface area contributed by atoms with Gasteiger partial charge < -0.3 is 15.2 Å². The first-order valence-corrected chi connectivity index (χ1v) is 6.11. The van der Waals surface area contributed by atoms with Crippen molar-refractivity contribution in [3.63, 3.8) is 0 Å². The van der Waals surface area contributed by atoms with Crippen molar-refractivity contribution in [1.29, 1.82) is 0 Å². The van der Waals surface area contributed by atoms with E-state index in [2.05, 4.69) is 0 Å². The lowest BCUT2D eigenvalue weighted by atomic mass is 10.1. The molecule has 0 saturated carbocycles. The summed E-state index contributed by atoms with van der Waals surface area (Å²) in [6.45, 7) is 5.84. The Bertz CT molecular complexity index is 439. The largest absolute Gasteiger partial charge is 0.449 e. The number of nitrogens with two attached hydrogens (primary N) is 1. The molecule has 104 valence electrons. The van der Waals surface area contributed by atoms with Gasteiger partial charge in [-0.1, -0.05) is 12.1 Å². The minimum atomic E-state index is -0.934. The third kappa shape index (κ3) is 5.09. The smallest absolute Gasteiger partial charge is 0.338 e. The number of carbonyl (C=O) groups excluding carboxylic acids is 2. The van der Waals surface area contributed by atoms with Crippen LogP contribution in [0.15, 0.2) is 24.3 Å². The highest BCUT2D eigenvalue weighted by atomic mass is 16.5. The van der Waals surface area contributed by atoms with Gasteiger partial charge in [0.15, 0.2) is 6.10 Å². The molecule has 1 amide bonds. The van der Waals surface area contributed by atoms with E-state index in [0.717, 1.165) is 5.56 Å². The summed E-state index contributed by atoms with van der Waals surface area (Å²) in [7, 11) is 0. The van der Waals surface area contributed by atoms with Crippen LogP contribution in [0.1, 0.15) is 36.7 Å². The molecule has 0 saturated heterocycles. The predicted molar refractivity (Wildman–Crippen MR) is 70.4 cm³/mol. The average molecular weight is 265 g/mol. The molecule has 0 bridgehead atoms. The van der Waals surface area contributed by atoms with Gasteiger partial charge in [-0.2, -0.15) is 0 Å². The van der Waals surface area contributed by atoms with Crippen LogP contribution in [-0.4, -0.2) is 24.1 Å². The van der Waals surface area contributed by atoms with Crippen molar-refractivity contribution in [2.45, 2.75) is 39.6 Å².